The van der Waals surface area contributed by atoms with E-state index in [4.69, 9.17) is 12.6 Å². The Kier molecular flexibility index (Phi) is 6.11. The Hall–Kier alpha value is -2.49. The van der Waals surface area contributed by atoms with E-state index in [2.05, 4.69) is 33.3 Å². The maximum absolute atomic E-state index is 13.5. The first-order valence-electron chi connectivity index (χ1n) is 11.2. The van der Waals surface area contributed by atoms with Crippen LogP contribution in [-0.4, -0.2) is 53.8 Å². The zero-order valence-corrected chi connectivity index (χ0v) is 19.0. The van der Waals surface area contributed by atoms with Crippen LogP contribution in [0.15, 0.2) is 36.4 Å². The minimum Gasteiger partial charge on any atom is -0.369 e. The number of nitrogens with zero attached hydrogens (tertiary/aromatic N) is 3. The molecule has 0 bridgehead atoms. The first kappa shape index (κ1) is 22.3. The number of rotatable bonds is 4. The highest BCUT2D eigenvalue weighted by molar-refractivity contribution is 7.80. The molecule has 2 saturated heterocycles. The second-order valence-electron chi connectivity index (χ2n) is 8.94. The van der Waals surface area contributed by atoms with Crippen molar-refractivity contribution in [1.29, 1.82) is 0 Å². The molecule has 1 N–H and O–H groups in total. The number of piperazine rings is 1. The summed E-state index contributed by atoms with van der Waals surface area (Å²) in [4.78, 5) is 30.2. The number of amides is 2. The van der Waals surface area contributed by atoms with E-state index in [-0.39, 0.29) is 23.2 Å². The minimum atomic E-state index is -0.556. The molecule has 174 valence electrons. The third-order valence-corrected chi connectivity index (χ3v) is 7.33. The summed E-state index contributed by atoms with van der Waals surface area (Å²) in [5.41, 5.74) is 4.03. The number of benzene rings is 2. The average molecular weight is 473 g/mol. The van der Waals surface area contributed by atoms with Crippen molar-refractivity contribution in [1.82, 2.24) is 15.1 Å². The molecule has 0 spiro atoms. The van der Waals surface area contributed by atoms with Gasteiger partial charge < -0.3 is 4.90 Å². The summed E-state index contributed by atoms with van der Waals surface area (Å²) in [6.07, 6.45) is 0.866. The van der Waals surface area contributed by atoms with Gasteiger partial charge in [0.1, 0.15) is 11.6 Å². The molecule has 0 radical (unpaired) electrons. The third kappa shape index (κ3) is 4.62. The van der Waals surface area contributed by atoms with Crippen LogP contribution in [0.25, 0.3) is 0 Å². The Morgan fingerprint density at radius 2 is 1.73 bits per heavy atom. The van der Waals surface area contributed by atoms with Crippen LogP contribution in [0.4, 0.5) is 14.5 Å². The minimum absolute atomic E-state index is 0.173. The molecule has 2 fully saturated rings. The monoisotopic (exact) mass is 472 g/mol. The van der Waals surface area contributed by atoms with Gasteiger partial charge in [0.05, 0.1) is 11.4 Å². The van der Waals surface area contributed by atoms with E-state index in [1.54, 1.807) is 0 Å². The first-order valence-corrected chi connectivity index (χ1v) is 11.7. The number of hydrogen-bond acceptors (Lipinski definition) is 6. The number of anilines is 1. The van der Waals surface area contributed by atoms with Gasteiger partial charge in [-0.1, -0.05) is 18.2 Å². The highest BCUT2D eigenvalue weighted by Gasteiger charge is 2.39. The second kappa shape index (κ2) is 9.04. The topological polar surface area (TPSA) is 55.9 Å². The standard InChI is InChI=1S/C24H26F2N4O2S/c25-17-10-18(26)12-19(11-17)29-7-5-28(6-8-29)13-15-1-2-20-16(9-15)14-30(24(20)33)21-3-4-22(31)27-23(21)32/h1-2,9-12,21,24,33H,3-8,13-14H2,(H,27,31,32). The van der Waals surface area contributed by atoms with E-state index >= 15 is 0 Å². The van der Waals surface area contributed by atoms with Crippen molar-refractivity contribution in [3.8, 4) is 0 Å². The number of fused-ring (bicyclic) bond motifs is 1. The largest absolute Gasteiger partial charge is 0.369 e. The lowest BCUT2D eigenvalue weighted by Gasteiger charge is -2.36. The van der Waals surface area contributed by atoms with Gasteiger partial charge in [-0.25, -0.2) is 8.78 Å². The molecule has 5 rings (SSSR count). The van der Waals surface area contributed by atoms with Gasteiger partial charge in [0.2, 0.25) is 11.8 Å². The summed E-state index contributed by atoms with van der Waals surface area (Å²) < 4.78 is 27.1. The van der Waals surface area contributed by atoms with E-state index in [0.29, 0.717) is 38.2 Å². The van der Waals surface area contributed by atoms with E-state index < -0.39 is 11.6 Å². The Labute approximate surface area is 196 Å². The quantitative estimate of drug-likeness (QED) is 0.530. The Morgan fingerprint density at radius 1 is 1.00 bits per heavy atom. The molecule has 0 saturated carbocycles. The van der Waals surface area contributed by atoms with Gasteiger partial charge in [-0.2, -0.15) is 12.6 Å². The summed E-state index contributed by atoms with van der Waals surface area (Å²) in [5, 5.41) is 2.26. The Balaban J connectivity index is 1.21. The molecule has 2 atom stereocenters. The predicted molar refractivity (Wildman–Crippen MR) is 124 cm³/mol. The lowest BCUT2D eigenvalue weighted by Crippen LogP contribution is -2.51. The van der Waals surface area contributed by atoms with E-state index in [0.717, 1.165) is 36.8 Å². The summed E-state index contributed by atoms with van der Waals surface area (Å²) in [6, 6.07) is 9.66. The number of hydrogen-bond donors (Lipinski definition) is 2. The zero-order chi connectivity index (χ0) is 23.1. The van der Waals surface area contributed by atoms with Crippen molar-refractivity contribution in [2.75, 3.05) is 31.1 Å². The fraction of sp³-hybridized carbons (Fsp3) is 0.417. The second-order valence-corrected chi connectivity index (χ2v) is 9.43. The number of carbonyl (C=O) groups excluding carboxylic acids is 2. The lowest BCUT2D eigenvalue weighted by molar-refractivity contribution is -0.137. The highest BCUT2D eigenvalue weighted by atomic mass is 32.1. The molecule has 0 aliphatic carbocycles. The zero-order valence-electron chi connectivity index (χ0n) is 18.1. The molecular formula is C24H26F2N4O2S. The molecule has 3 aliphatic heterocycles. The van der Waals surface area contributed by atoms with Crippen molar-refractivity contribution in [2.24, 2.45) is 0 Å². The number of halogens is 2. The van der Waals surface area contributed by atoms with Crippen LogP contribution in [0, 0.1) is 11.6 Å². The van der Waals surface area contributed by atoms with Crippen LogP contribution in [0.1, 0.15) is 34.9 Å². The molecule has 2 aromatic rings. The fourth-order valence-electron chi connectivity index (χ4n) is 5.03. The van der Waals surface area contributed by atoms with Crippen molar-refractivity contribution in [3.63, 3.8) is 0 Å². The van der Waals surface area contributed by atoms with Crippen LogP contribution in [0.2, 0.25) is 0 Å². The maximum Gasteiger partial charge on any atom is 0.243 e. The molecule has 3 aliphatic rings. The van der Waals surface area contributed by atoms with E-state index in [9.17, 15) is 18.4 Å². The SMILES string of the molecule is O=C1CCC(N2Cc3cc(CN4CCN(c5cc(F)cc(F)c5)CC4)ccc3C2S)C(=O)N1. The number of carbonyl (C=O) groups is 2. The highest BCUT2D eigenvalue weighted by Crippen LogP contribution is 2.39. The molecule has 9 heteroatoms. The summed E-state index contributed by atoms with van der Waals surface area (Å²) >= 11 is 4.76. The van der Waals surface area contributed by atoms with Gasteiger partial charge >= 0.3 is 0 Å². The average Bonchev–Trinajstić information content (AvgIpc) is 3.09. The third-order valence-electron chi connectivity index (χ3n) is 6.75. The molecule has 33 heavy (non-hydrogen) atoms. The predicted octanol–water partition coefficient (Wildman–Crippen LogP) is 2.84. The van der Waals surface area contributed by atoms with Crippen LogP contribution in [0.5, 0.6) is 0 Å². The van der Waals surface area contributed by atoms with Crippen LogP contribution >= 0.6 is 12.6 Å². The number of imide groups is 1. The molecule has 2 unspecified atom stereocenters. The number of piperidine rings is 1. The van der Waals surface area contributed by atoms with Gasteiger partial charge in [0.15, 0.2) is 0 Å². The normalized spacial score (nSPS) is 24.2. The first-order chi connectivity index (χ1) is 15.9. The van der Waals surface area contributed by atoms with Crippen LogP contribution in [0.3, 0.4) is 0 Å². The van der Waals surface area contributed by atoms with Gasteiger partial charge in [-0.05, 0) is 35.2 Å². The molecule has 0 aromatic heterocycles. The summed E-state index contributed by atoms with van der Waals surface area (Å²) in [5.74, 6) is -1.57. The van der Waals surface area contributed by atoms with Crippen LogP contribution < -0.4 is 10.2 Å². The molecular weight excluding hydrogens is 446 g/mol. The molecule has 2 aromatic carbocycles. The molecule has 3 heterocycles. The van der Waals surface area contributed by atoms with Crippen molar-refractivity contribution in [3.05, 3.63) is 64.7 Å². The van der Waals surface area contributed by atoms with E-state index in [1.807, 2.05) is 4.90 Å². The summed E-state index contributed by atoms with van der Waals surface area (Å²) in [6.45, 7) is 4.42. The fourth-order valence-corrected chi connectivity index (χ4v) is 5.53. The number of nitrogens with one attached hydrogen (secondary N) is 1. The molecule has 6 nitrogen and oxygen atoms in total. The van der Waals surface area contributed by atoms with Crippen molar-refractivity contribution >= 4 is 30.1 Å². The van der Waals surface area contributed by atoms with Gasteiger partial charge in [0.25, 0.3) is 0 Å². The van der Waals surface area contributed by atoms with Crippen LogP contribution in [-0.2, 0) is 22.7 Å². The maximum atomic E-state index is 13.5. The van der Waals surface area contributed by atoms with Gasteiger partial charge in [-0.15, -0.1) is 0 Å². The lowest BCUT2D eigenvalue weighted by atomic mass is 10.0. The Bertz CT molecular complexity index is 1070. The summed E-state index contributed by atoms with van der Waals surface area (Å²) in [7, 11) is 0. The number of thiol groups is 1. The van der Waals surface area contributed by atoms with Gasteiger partial charge in [0, 0.05) is 57.4 Å². The van der Waals surface area contributed by atoms with Crippen molar-refractivity contribution in [2.45, 2.75) is 37.3 Å². The van der Waals surface area contributed by atoms with E-state index in [1.165, 1.54) is 17.7 Å². The van der Waals surface area contributed by atoms with Crippen molar-refractivity contribution < 1.29 is 18.4 Å². The van der Waals surface area contributed by atoms with Gasteiger partial charge in [-0.3, -0.25) is 24.7 Å². The smallest absolute Gasteiger partial charge is 0.243 e. The molecule has 2 amide bonds. The Morgan fingerprint density at radius 3 is 2.42 bits per heavy atom.